The van der Waals surface area contributed by atoms with Crippen LogP contribution in [-0.4, -0.2) is 19.3 Å². The molecule has 2 heteroatoms. The van der Waals surface area contributed by atoms with E-state index in [0.29, 0.717) is 6.04 Å². The highest BCUT2D eigenvalue weighted by molar-refractivity contribution is 4.70. The molecule has 0 aromatic heterocycles. The zero-order chi connectivity index (χ0) is 7.40. The van der Waals surface area contributed by atoms with Gasteiger partial charge in [0.05, 0.1) is 0 Å². The fourth-order valence-electron chi connectivity index (χ4n) is 1.36. The molecule has 0 aliphatic carbocycles. The smallest absolute Gasteiger partial charge is 0.0495 e. The average molecular weight is 143 g/mol. The van der Waals surface area contributed by atoms with E-state index in [2.05, 4.69) is 6.92 Å². The Labute approximate surface area is 62.7 Å². The SMILES string of the molecule is CC[C@@H](N)CC1CCOC1. The zero-order valence-corrected chi connectivity index (χ0v) is 6.68. The van der Waals surface area contributed by atoms with Crippen molar-refractivity contribution in [3.8, 4) is 0 Å². The molecule has 0 aromatic carbocycles. The van der Waals surface area contributed by atoms with Gasteiger partial charge in [-0.05, 0) is 25.2 Å². The van der Waals surface area contributed by atoms with Gasteiger partial charge in [0.15, 0.2) is 0 Å². The van der Waals surface area contributed by atoms with Crippen molar-refractivity contribution in [2.75, 3.05) is 13.2 Å². The molecule has 1 saturated heterocycles. The van der Waals surface area contributed by atoms with Crippen LogP contribution in [0.2, 0.25) is 0 Å². The van der Waals surface area contributed by atoms with Gasteiger partial charge in [-0.3, -0.25) is 0 Å². The number of hydrogen-bond acceptors (Lipinski definition) is 2. The second kappa shape index (κ2) is 3.94. The molecule has 2 N–H and O–H groups in total. The lowest BCUT2D eigenvalue weighted by atomic mass is 9.98. The second-order valence-electron chi connectivity index (χ2n) is 3.13. The first-order valence-electron chi connectivity index (χ1n) is 4.16. The Balaban J connectivity index is 2.11. The topological polar surface area (TPSA) is 35.2 Å². The molecule has 0 bridgehead atoms. The van der Waals surface area contributed by atoms with E-state index < -0.39 is 0 Å². The summed E-state index contributed by atoms with van der Waals surface area (Å²) in [7, 11) is 0. The highest BCUT2D eigenvalue weighted by Gasteiger charge is 2.17. The maximum absolute atomic E-state index is 5.80. The summed E-state index contributed by atoms with van der Waals surface area (Å²) < 4.78 is 5.25. The summed E-state index contributed by atoms with van der Waals surface area (Å²) in [6.07, 6.45) is 3.46. The number of ether oxygens (including phenoxy) is 1. The lowest BCUT2D eigenvalue weighted by Gasteiger charge is -2.12. The summed E-state index contributed by atoms with van der Waals surface area (Å²) in [5.74, 6) is 0.745. The van der Waals surface area contributed by atoms with Gasteiger partial charge in [-0.25, -0.2) is 0 Å². The Hall–Kier alpha value is -0.0800. The Morgan fingerprint density at radius 2 is 2.50 bits per heavy atom. The van der Waals surface area contributed by atoms with Crippen LogP contribution in [-0.2, 0) is 4.74 Å². The van der Waals surface area contributed by atoms with E-state index in [9.17, 15) is 0 Å². The van der Waals surface area contributed by atoms with Crippen LogP contribution in [0.15, 0.2) is 0 Å². The molecular weight excluding hydrogens is 126 g/mol. The molecular formula is C8H17NO. The third-order valence-electron chi connectivity index (χ3n) is 2.18. The Morgan fingerprint density at radius 1 is 1.70 bits per heavy atom. The highest BCUT2D eigenvalue weighted by atomic mass is 16.5. The lowest BCUT2D eigenvalue weighted by molar-refractivity contribution is 0.182. The van der Waals surface area contributed by atoms with E-state index in [-0.39, 0.29) is 0 Å². The molecule has 0 amide bonds. The van der Waals surface area contributed by atoms with Crippen molar-refractivity contribution in [1.82, 2.24) is 0 Å². The van der Waals surface area contributed by atoms with E-state index in [0.717, 1.165) is 32.0 Å². The standard InChI is InChI=1S/C8H17NO/c1-2-8(9)5-7-3-4-10-6-7/h7-8H,2-6,9H2,1H3/t7?,8-/m1/s1. The quantitative estimate of drug-likeness (QED) is 0.643. The van der Waals surface area contributed by atoms with Crippen LogP contribution < -0.4 is 5.73 Å². The number of hydrogen-bond donors (Lipinski definition) is 1. The zero-order valence-electron chi connectivity index (χ0n) is 6.68. The molecule has 1 rings (SSSR count). The maximum Gasteiger partial charge on any atom is 0.0495 e. The molecule has 1 unspecified atom stereocenters. The third kappa shape index (κ3) is 2.27. The van der Waals surface area contributed by atoms with E-state index in [4.69, 9.17) is 10.5 Å². The summed E-state index contributed by atoms with van der Waals surface area (Å²) in [5.41, 5.74) is 5.80. The molecule has 0 aromatic rings. The Morgan fingerprint density at radius 3 is 3.00 bits per heavy atom. The van der Waals surface area contributed by atoms with E-state index >= 15 is 0 Å². The summed E-state index contributed by atoms with van der Waals surface area (Å²) in [4.78, 5) is 0. The minimum atomic E-state index is 0.395. The largest absolute Gasteiger partial charge is 0.381 e. The van der Waals surface area contributed by atoms with Crippen LogP contribution in [0.25, 0.3) is 0 Å². The summed E-state index contributed by atoms with van der Waals surface area (Å²) >= 11 is 0. The summed E-state index contributed by atoms with van der Waals surface area (Å²) in [6.45, 7) is 4.02. The Kier molecular flexibility index (Phi) is 3.16. The van der Waals surface area contributed by atoms with Gasteiger partial charge in [-0.15, -0.1) is 0 Å². The molecule has 1 heterocycles. The molecule has 1 aliphatic heterocycles. The molecule has 10 heavy (non-hydrogen) atoms. The summed E-state index contributed by atoms with van der Waals surface area (Å²) in [5, 5.41) is 0. The van der Waals surface area contributed by atoms with Crippen molar-refractivity contribution in [3.05, 3.63) is 0 Å². The second-order valence-corrected chi connectivity index (χ2v) is 3.13. The van der Waals surface area contributed by atoms with Gasteiger partial charge in [-0.1, -0.05) is 6.92 Å². The van der Waals surface area contributed by atoms with E-state index in [1.54, 1.807) is 0 Å². The van der Waals surface area contributed by atoms with Gasteiger partial charge < -0.3 is 10.5 Å². The van der Waals surface area contributed by atoms with Crippen LogP contribution in [0, 0.1) is 5.92 Å². The van der Waals surface area contributed by atoms with E-state index in [1.807, 2.05) is 0 Å². The lowest BCUT2D eigenvalue weighted by Crippen LogP contribution is -2.22. The molecule has 0 radical (unpaired) electrons. The number of nitrogens with two attached hydrogens (primary N) is 1. The molecule has 60 valence electrons. The fourth-order valence-corrected chi connectivity index (χ4v) is 1.36. The van der Waals surface area contributed by atoms with Gasteiger partial charge >= 0.3 is 0 Å². The van der Waals surface area contributed by atoms with Gasteiger partial charge in [0.1, 0.15) is 0 Å². The molecule has 1 aliphatic rings. The summed E-state index contributed by atoms with van der Waals surface area (Å²) in [6, 6.07) is 0.395. The first kappa shape index (κ1) is 8.02. The van der Waals surface area contributed by atoms with Crippen LogP contribution in [0.1, 0.15) is 26.2 Å². The van der Waals surface area contributed by atoms with Gasteiger partial charge in [-0.2, -0.15) is 0 Å². The minimum absolute atomic E-state index is 0.395. The van der Waals surface area contributed by atoms with Gasteiger partial charge in [0.2, 0.25) is 0 Å². The molecule has 0 saturated carbocycles. The molecule has 2 nitrogen and oxygen atoms in total. The van der Waals surface area contributed by atoms with Gasteiger partial charge in [0.25, 0.3) is 0 Å². The van der Waals surface area contributed by atoms with Gasteiger partial charge in [0, 0.05) is 19.3 Å². The fraction of sp³-hybridized carbons (Fsp3) is 1.00. The normalized spacial score (nSPS) is 28.8. The predicted molar refractivity (Wildman–Crippen MR) is 41.8 cm³/mol. The van der Waals surface area contributed by atoms with Crippen molar-refractivity contribution in [1.29, 1.82) is 0 Å². The Bertz CT molecular complexity index is 89.3. The minimum Gasteiger partial charge on any atom is -0.381 e. The highest BCUT2D eigenvalue weighted by Crippen LogP contribution is 2.17. The van der Waals surface area contributed by atoms with Crippen molar-refractivity contribution in [2.45, 2.75) is 32.2 Å². The molecule has 2 atom stereocenters. The van der Waals surface area contributed by atoms with Crippen molar-refractivity contribution >= 4 is 0 Å². The van der Waals surface area contributed by atoms with Crippen LogP contribution in [0.3, 0.4) is 0 Å². The first-order chi connectivity index (χ1) is 4.83. The van der Waals surface area contributed by atoms with E-state index in [1.165, 1.54) is 6.42 Å². The number of rotatable bonds is 3. The van der Waals surface area contributed by atoms with Crippen molar-refractivity contribution in [2.24, 2.45) is 11.7 Å². The first-order valence-corrected chi connectivity index (χ1v) is 4.16. The van der Waals surface area contributed by atoms with Crippen LogP contribution in [0.4, 0.5) is 0 Å². The third-order valence-corrected chi connectivity index (χ3v) is 2.18. The monoisotopic (exact) mass is 143 g/mol. The van der Waals surface area contributed by atoms with Crippen LogP contribution >= 0.6 is 0 Å². The molecule has 1 fully saturated rings. The maximum atomic E-state index is 5.80. The predicted octanol–water partition coefficient (Wildman–Crippen LogP) is 1.15. The van der Waals surface area contributed by atoms with Crippen LogP contribution in [0.5, 0.6) is 0 Å². The van der Waals surface area contributed by atoms with Crippen molar-refractivity contribution in [3.63, 3.8) is 0 Å². The molecule has 0 spiro atoms. The van der Waals surface area contributed by atoms with Crippen molar-refractivity contribution < 1.29 is 4.74 Å². The average Bonchev–Trinajstić information content (AvgIpc) is 2.40.